The Morgan fingerprint density at radius 2 is 1.69 bits per heavy atom. The number of hydrogen-bond donors (Lipinski definition) is 2. The number of Topliss-reactive ketones (excluding diaryl/α,β-unsaturated/α-hetero) is 1. The number of fused-ring (bicyclic) bond motifs is 1. The van der Waals surface area contributed by atoms with Crippen molar-refractivity contribution in [3.8, 4) is 0 Å². The fourth-order valence-electron chi connectivity index (χ4n) is 6.69. The number of piperazine rings is 1. The molecule has 0 bridgehead atoms. The molecule has 2 amide bonds. The first kappa shape index (κ1) is 23.9. The number of aliphatic hydroxyl groups is 1. The van der Waals surface area contributed by atoms with Gasteiger partial charge in [0.05, 0.1) is 6.54 Å². The van der Waals surface area contributed by atoms with E-state index >= 15 is 0 Å². The van der Waals surface area contributed by atoms with E-state index in [2.05, 4.69) is 15.1 Å². The zero-order chi connectivity index (χ0) is 24.9. The quantitative estimate of drug-likeness (QED) is 0.626. The SMILES string of the molecule is O=C(NC1(C(=O)N2C[C@H](O)[C@H]3OCC(=O)[C@H]32)CCCC1)c1ccc(N2CCN(C3CCC3)CC2)cc1. The number of ketones is 1. The van der Waals surface area contributed by atoms with Gasteiger partial charge in [0.2, 0.25) is 5.91 Å². The zero-order valence-electron chi connectivity index (χ0n) is 20.7. The van der Waals surface area contributed by atoms with Gasteiger partial charge < -0.3 is 25.0 Å². The van der Waals surface area contributed by atoms with Crippen LogP contribution in [0.15, 0.2) is 24.3 Å². The number of aliphatic hydroxyl groups excluding tert-OH is 1. The maximum Gasteiger partial charge on any atom is 0.252 e. The van der Waals surface area contributed by atoms with Gasteiger partial charge in [0.1, 0.15) is 30.4 Å². The normalized spacial score (nSPS) is 30.4. The number of hydrogen-bond acceptors (Lipinski definition) is 7. The van der Waals surface area contributed by atoms with Gasteiger partial charge in [-0.2, -0.15) is 0 Å². The number of ether oxygens (including phenoxy) is 1. The Morgan fingerprint density at radius 3 is 2.33 bits per heavy atom. The summed E-state index contributed by atoms with van der Waals surface area (Å²) < 4.78 is 5.43. The lowest BCUT2D eigenvalue weighted by molar-refractivity contribution is -0.142. The highest BCUT2D eigenvalue weighted by Crippen LogP contribution is 2.36. The molecule has 3 aliphatic heterocycles. The van der Waals surface area contributed by atoms with Crippen molar-refractivity contribution in [2.24, 2.45) is 0 Å². The van der Waals surface area contributed by atoms with E-state index in [1.165, 1.54) is 24.2 Å². The van der Waals surface area contributed by atoms with Crippen molar-refractivity contribution in [2.75, 3.05) is 44.2 Å². The van der Waals surface area contributed by atoms with Gasteiger partial charge >= 0.3 is 0 Å². The van der Waals surface area contributed by atoms with Crippen molar-refractivity contribution in [2.45, 2.75) is 74.8 Å². The summed E-state index contributed by atoms with van der Waals surface area (Å²) in [5.74, 6) is -0.745. The van der Waals surface area contributed by atoms with Crippen LogP contribution in [0.3, 0.4) is 0 Å². The second-order valence-electron chi connectivity index (χ2n) is 11.1. The van der Waals surface area contributed by atoms with Crippen LogP contribution in [0.25, 0.3) is 0 Å². The molecule has 1 aromatic rings. The summed E-state index contributed by atoms with van der Waals surface area (Å²) in [7, 11) is 0. The van der Waals surface area contributed by atoms with Gasteiger partial charge in [-0.25, -0.2) is 0 Å². The van der Waals surface area contributed by atoms with Crippen LogP contribution >= 0.6 is 0 Å². The molecule has 5 fully saturated rings. The molecule has 1 aromatic carbocycles. The minimum absolute atomic E-state index is 0.0558. The van der Waals surface area contributed by atoms with E-state index in [1.54, 1.807) is 0 Å². The molecular weight excluding hydrogens is 460 g/mol. The number of β-amino-alcohol motifs (C(OH)–C–C–N with tert-alkyl or cyclic N) is 1. The summed E-state index contributed by atoms with van der Waals surface area (Å²) in [4.78, 5) is 45.8. The van der Waals surface area contributed by atoms with Gasteiger partial charge in [-0.05, 0) is 49.9 Å². The van der Waals surface area contributed by atoms with Crippen LogP contribution in [0.2, 0.25) is 0 Å². The highest BCUT2D eigenvalue weighted by Gasteiger charge is 2.56. The summed E-state index contributed by atoms with van der Waals surface area (Å²) in [5, 5.41) is 13.4. The summed E-state index contributed by atoms with van der Waals surface area (Å²) in [5.41, 5.74) is 0.583. The van der Waals surface area contributed by atoms with Gasteiger partial charge in [-0.3, -0.25) is 19.3 Å². The standard InChI is InChI=1S/C27H36N4O5/c32-21-16-31(23-22(33)17-36-24(21)23)26(35)27(10-1-2-11-27)28-25(34)18-6-8-20(9-7-18)30-14-12-29(13-15-30)19-4-3-5-19/h6-9,19,21,23-24,32H,1-5,10-17H2,(H,28,34)/t21-,23+,24+/m0/s1. The molecule has 6 rings (SSSR count). The van der Waals surface area contributed by atoms with Crippen LogP contribution in [0.5, 0.6) is 0 Å². The fraction of sp³-hybridized carbons (Fsp3) is 0.667. The molecule has 0 aromatic heterocycles. The maximum atomic E-state index is 13.7. The Morgan fingerprint density at radius 1 is 1.00 bits per heavy atom. The molecule has 36 heavy (non-hydrogen) atoms. The second kappa shape index (κ2) is 9.43. The molecule has 3 heterocycles. The molecule has 5 aliphatic rings. The van der Waals surface area contributed by atoms with Crippen molar-refractivity contribution in [1.82, 2.24) is 15.1 Å². The van der Waals surface area contributed by atoms with E-state index in [4.69, 9.17) is 4.74 Å². The van der Waals surface area contributed by atoms with Crippen molar-refractivity contribution < 1.29 is 24.2 Å². The number of anilines is 1. The number of rotatable bonds is 5. The molecule has 3 saturated heterocycles. The van der Waals surface area contributed by atoms with Crippen LogP contribution in [0, 0.1) is 0 Å². The smallest absolute Gasteiger partial charge is 0.252 e. The van der Waals surface area contributed by atoms with E-state index in [9.17, 15) is 19.5 Å². The molecule has 0 unspecified atom stereocenters. The molecule has 9 nitrogen and oxygen atoms in total. The predicted octanol–water partition coefficient (Wildman–Crippen LogP) is 0.943. The lowest BCUT2D eigenvalue weighted by Crippen LogP contribution is -2.60. The average molecular weight is 497 g/mol. The van der Waals surface area contributed by atoms with Gasteiger partial charge in [0.15, 0.2) is 5.78 Å². The Kier molecular flexibility index (Phi) is 6.25. The fourth-order valence-corrected chi connectivity index (χ4v) is 6.69. The van der Waals surface area contributed by atoms with Crippen LogP contribution in [-0.4, -0.2) is 102 Å². The van der Waals surface area contributed by atoms with E-state index in [1.807, 2.05) is 24.3 Å². The van der Waals surface area contributed by atoms with Crippen LogP contribution in [0.4, 0.5) is 5.69 Å². The monoisotopic (exact) mass is 496 g/mol. The summed E-state index contributed by atoms with van der Waals surface area (Å²) in [6.45, 7) is 4.12. The summed E-state index contributed by atoms with van der Waals surface area (Å²) >= 11 is 0. The number of nitrogens with zero attached hydrogens (tertiary/aromatic N) is 3. The topological polar surface area (TPSA) is 102 Å². The maximum absolute atomic E-state index is 13.7. The first-order valence-electron chi connectivity index (χ1n) is 13.5. The number of likely N-dealkylation sites (tertiary alicyclic amines) is 1. The molecule has 2 aliphatic carbocycles. The summed E-state index contributed by atoms with van der Waals surface area (Å²) in [6.07, 6.45) is 5.17. The predicted molar refractivity (Wildman–Crippen MR) is 133 cm³/mol. The molecular formula is C27H36N4O5. The van der Waals surface area contributed by atoms with E-state index in [0.29, 0.717) is 18.4 Å². The van der Waals surface area contributed by atoms with Crippen molar-refractivity contribution in [3.05, 3.63) is 29.8 Å². The molecule has 9 heteroatoms. The van der Waals surface area contributed by atoms with Crippen LogP contribution in [-0.2, 0) is 14.3 Å². The third-order valence-corrected chi connectivity index (χ3v) is 9.04. The molecule has 2 N–H and O–H groups in total. The Balaban J connectivity index is 1.12. The molecule has 194 valence electrons. The first-order chi connectivity index (χ1) is 17.4. The minimum Gasteiger partial charge on any atom is -0.388 e. The Bertz CT molecular complexity index is 1010. The Hall–Kier alpha value is -2.49. The molecule has 0 radical (unpaired) electrons. The largest absolute Gasteiger partial charge is 0.388 e. The van der Waals surface area contributed by atoms with Crippen LogP contribution in [0.1, 0.15) is 55.3 Å². The van der Waals surface area contributed by atoms with Crippen molar-refractivity contribution >= 4 is 23.3 Å². The molecule has 0 spiro atoms. The molecule has 3 atom stereocenters. The number of amides is 2. The van der Waals surface area contributed by atoms with E-state index in [-0.39, 0.29) is 30.7 Å². The van der Waals surface area contributed by atoms with Crippen molar-refractivity contribution in [1.29, 1.82) is 0 Å². The third-order valence-electron chi connectivity index (χ3n) is 9.04. The number of nitrogens with one attached hydrogen (secondary N) is 1. The van der Waals surface area contributed by atoms with Gasteiger partial charge in [-0.1, -0.05) is 19.3 Å². The first-order valence-corrected chi connectivity index (χ1v) is 13.5. The number of carbonyl (C=O) groups excluding carboxylic acids is 3. The number of benzene rings is 1. The average Bonchev–Trinajstić information content (AvgIpc) is 3.57. The molecule has 2 saturated carbocycles. The zero-order valence-corrected chi connectivity index (χ0v) is 20.7. The number of carbonyl (C=O) groups is 3. The third kappa shape index (κ3) is 4.11. The lowest BCUT2D eigenvalue weighted by Gasteiger charge is -2.43. The minimum atomic E-state index is -1.05. The van der Waals surface area contributed by atoms with Gasteiger partial charge in [0.25, 0.3) is 5.91 Å². The highest BCUT2D eigenvalue weighted by molar-refractivity contribution is 6.01. The van der Waals surface area contributed by atoms with Gasteiger partial charge in [-0.15, -0.1) is 0 Å². The lowest BCUT2D eigenvalue weighted by atomic mass is 9.91. The van der Waals surface area contributed by atoms with Gasteiger partial charge in [0, 0.05) is 43.5 Å². The second-order valence-corrected chi connectivity index (χ2v) is 11.1. The Labute approximate surface area is 211 Å². The van der Waals surface area contributed by atoms with E-state index in [0.717, 1.165) is 50.7 Å². The van der Waals surface area contributed by atoms with E-state index < -0.39 is 23.8 Å². The van der Waals surface area contributed by atoms with Crippen LogP contribution < -0.4 is 10.2 Å². The summed E-state index contributed by atoms with van der Waals surface area (Å²) in [6, 6.07) is 7.67. The van der Waals surface area contributed by atoms with Crippen molar-refractivity contribution in [3.63, 3.8) is 0 Å². The highest BCUT2D eigenvalue weighted by atomic mass is 16.5.